The zero-order valence-electron chi connectivity index (χ0n) is 19.4. The third-order valence-electron chi connectivity index (χ3n) is 5.71. The van der Waals surface area contributed by atoms with Crippen LogP contribution >= 0.6 is 0 Å². The van der Waals surface area contributed by atoms with E-state index in [9.17, 15) is 4.79 Å². The largest absolute Gasteiger partial charge is 0.444 e. The van der Waals surface area contributed by atoms with Crippen LogP contribution in [0, 0.1) is 5.92 Å². The normalized spacial score (nSPS) is 17.8. The minimum absolute atomic E-state index is 0.116. The number of rotatable bonds is 9. The lowest BCUT2D eigenvalue weighted by atomic mass is 9.99. The molecule has 0 radical (unpaired) electrons. The van der Waals surface area contributed by atoms with Gasteiger partial charge in [0.05, 0.1) is 23.6 Å². The second-order valence-electron chi connectivity index (χ2n) is 9.79. The molecule has 2 aliphatic rings. The van der Waals surface area contributed by atoms with Crippen molar-refractivity contribution in [1.82, 2.24) is 15.1 Å². The van der Waals surface area contributed by atoms with E-state index >= 15 is 0 Å². The molecule has 32 heavy (non-hydrogen) atoms. The summed E-state index contributed by atoms with van der Waals surface area (Å²) in [6.07, 6.45) is 10.5. The van der Waals surface area contributed by atoms with Crippen LogP contribution in [-0.4, -0.2) is 33.7 Å². The van der Waals surface area contributed by atoms with E-state index in [1.54, 1.807) is 0 Å². The number of hydrogen-bond acceptors (Lipinski definition) is 5. The van der Waals surface area contributed by atoms with E-state index in [4.69, 9.17) is 9.73 Å². The molecule has 1 unspecified atom stereocenters. The Kier molecular flexibility index (Phi) is 6.82. The summed E-state index contributed by atoms with van der Waals surface area (Å²) in [6.45, 7) is 7.17. The molecule has 1 aliphatic heterocycles. The molecule has 1 aromatic heterocycles. The monoisotopic (exact) mass is 437 g/mol. The van der Waals surface area contributed by atoms with Crippen LogP contribution in [0.15, 0.2) is 41.7 Å². The molecule has 0 saturated heterocycles. The van der Waals surface area contributed by atoms with Crippen molar-refractivity contribution in [2.45, 2.75) is 77.5 Å². The fraction of sp³-hybridized carbons (Fsp3) is 0.560. The van der Waals surface area contributed by atoms with Crippen LogP contribution in [0.3, 0.4) is 0 Å². The van der Waals surface area contributed by atoms with Crippen molar-refractivity contribution < 1.29 is 9.53 Å². The summed E-state index contributed by atoms with van der Waals surface area (Å²) in [7, 11) is 0. The van der Waals surface area contributed by atoms with E-state index in [-0.39, 0.29) is 12.1 Å². The molecule has 1 atom stereocenters. The van der Waals surface area contributed by atoms with Crippen molar-refractivity contribution in [2.24, 2.45) is 10.9 Å². The van der Waals surface area contributed by atoms with Gasteiger partial charge in [0.25, 0.3) is 0 Å². The number of para-hydroxylation sites is 2. The lowest BCUT2D eigenvalue weighted by molar-refractivity contribution is 0.0527. The van der Waals surface area contributed by atoms with Crippen LogP contribution in [-0.2, 0) is 11.3 Å². The van der Waals surface area contributed by atoms with Crippen molar-refractivity contribution in [3.05, 3.63) is 42.2 Å². The van der Waals surface area contributed by atoms with Crippen molar-refractivity contribution in [1.29, 1.82) is 0 Å². The Balaban J connectivity index is 1.21. The SMILES string of the molecule is CC(C)(C)OC(=O)NCCCCCCn1cc(C2Nc3ccccc3N=C2C2CC2)cn1. The summed E-state index contributed by atoms with van der Waals surface area (Å²) >= 11 is 0. The highest BCUT2D eigenvalue weighted by Gasteiger charge is 2.36. The summed E-state index contributed by atoms with van der Waals surface area (Å²) in [4.78, 5) is 16.6. The third kappa shape index (κ3) is 6.11. The Morgan fingerprint density at radius 3 is 2.75 bits per heavy atom. The molecular weight excluding hydrogens is 402 g/mol. The van der Waals surface area contributed by atoms with E-state index in [1.807, 2.05) is 43.8 Å². The van der Waals surface area contributed by atoms with Gasteiger partial charge in [0.1, 0.15) is 5.60 Å². The molecule has 0 spiro atoms. The minimum Gasteiger partial charge on any atom is -0.444 e. The molecule has 1 fully saturated rings. The molecule has 172 valence electrons. The summed E-state index contributed by atoms with van der Waals surface area (Å²) < 4.78 is 7.29. The lowest BCUT2D eigenvalue weighted by Crippen LogP contribution is -2.32. The number of aromatic nitrogens is 2. The van der Waals surface area contributed by atoms with Crippen LogP contribution in [0.5, 0.6) is 0 Å². The molecule has 2 aromatic rings. The number of fused-ring (bicyclic) bond motifs is 1. The molecule has 1 aromatic carbocycles. The fourth-order valence-electron chi connectivity index (χ4n) is 3.99. The molecule has 0 bridgehead atoms. The van der Waals surface area contributed by atoms with Gasteiger partial charge in [-0.25, -0.2) is 4.79 Å². The van der Waals surface area contributed by atoms with Gasteiger partial charge in [0.15, 0.2) is 0 Å². The number of anilines is 1. The number of aryl methyl sites for hydroxylation is 1. The predicted molar refractivity (Wildman–Crippen MR) is 128 cm³/mol. The van der Waals surface area contributed by atoms with E-state index in [0.29, 0.717) is 12.5 Å². The Labute approximate surface area is 190 Å². The van der Waals surface area contributed by atoms with Crippen LogP contribution in [0.4, 0.5) is 16.2 Å². The number of nitrogens with one attached hydrogen (secondary N) is 2. The number of aliphatic imine (C=N–C) groups is 1. The molecule has 1 aliphatic carbocycles. The molecule has 2 N–H and O–H groups in total. The minimum atomic E-state index is -0.450. The summed E-state index contributed by atoms with van der Waals surface area (Å²) in [5, 5.41) is 11.1. The smallest absolute Gasteiger partial charge is 0.407 e. The number of benzene rings is 1. The third-order valence-corrected chi connectivity index (χ3v) is 5.71. The molecule has 7 heteroatoms. The Morgan fingerprint density at radius 1 is 1.19 bits per heavy atom. The van der Waals surface area contributed by atoms with Gasteiger partial charge in [-0.15, -0.1) is 0 Å². The first-order valence-corrected chi connectivity index (χ1v) is 11.8. The van der Waals surface area contributed by atoms with E-state index in [2.05, 4.69) is 34.1 Å². The van der Waals surface area contributed by atoms with Crippen LogP contribution < -0.4 is 10.6 Å². The van der Waals surface area contributed by atoms with Crippen molar-refractivity contribution >= 4 is 23.2 Å². The van der Waals surface area contributed by atoms with Gasteiger partial charge in [-0.1, -0.05) is 25.0 Å². The lowest BCUT2D eigenvalue weighted by Gasteiger charge is -2.26. The number of nitrogens with zero attached hydrogens (tertiary/aromatic N) is 3. The van der Waals surface area contributed by atoms with Gasteiger partial charge in [-0.3, -0.25) is 9.67 Å². The average molecular weight is 438 g/mol. The van der Waals surface area contributed by atoms with Gasteiger partial charge >= 0.3 is 6.09 Å². The zero-order valence-corrected chi connectivity index (χ0v) is 19.4. The second-order valence-corrected chi connectivity index (χ2v) is 9.79. The predicted octanol–water partition coefficient (Wildman–Crippen LogP) is 5.62. The Bertz CT molecular complexity index is 955. The topological polar surface area (TPSA) is 80.5 Å². The molecule has 7 nitrogen and oxygen atoms in total. The number of alkyl carbamates (subject to hydrolysis) is 1. The zero-order chi connectivity index (χ0) is 22.6. The maximum atomic E-state index is 11.6. The molecule has 1 amide bonds. The maximum absolute atomic E-state index is 11.6. The number of ether oxygens (including phenoxy) is 1. The van der Waals surface area contributed by atoms with Crippen LogP contribution in [0.2, 0.25) is 0 Å². The molecule has 1 saturated carbocycles. The standard InChI is InChI=1S/C25H35N5O2/c1-25(2,3)32-24(31)26-14-8-4-5-9-15-30-17-19(16-27-30)23-22(18-12-13-18)28-20-10-6-7-11-21(20)29-23/h6-7,10-11,16-18,23,29H,4-5,8-9,12-15H2,1-3H3,(H,26,31). The first-order chi connectivity index (χ1) is 15.4. The first kappa shape index (κ1) is 22.4. The average Bonchev–Trinajstić information content (AvgIpc) is 3.49. The maximum Gasteiger partial charge on any atom is 0.407 e. The summed E-state index contributed by atoms with van der Waals surface area (Å²) in [5.74, 6) is 0.596. The van der Waals surface area contributed by atoms with Crippen LogP contribution in [0.25, 0.3) is 0 Å². The van der Waals surface area contributed by atoms with Crippen molar-refractivity contribution in [2.75, 3.05) is 11.9 Å². The molecule has 4 rings (SSSR count). The van der Waals surface area contributed by atoms with Gasteiger partial charge in [-0.05, 0) is 64.5 Å². The first-order valence-electron chi connectivity index (χ1n) is 11.8. The number of unbranched alkanes of at least 4 members (excludes halogenated alkanes) is 3. The van der Waals surface area contributed by atoms with E-state index in [0.717, 1.165) is 43.6 Å². The van der Waals surface area contributed by atoms with E-state index in [1.165, 1.54) is 24.1 Å². The number of amides is 1. The second kappa shape index (κ2) is 9.76. The molecular formula is C25H35N5O2. The van der Waals surface area contributed by atoms with Crippen LogP contribution in [0.1, 0.15) is 70.9 Å². The van der Waals surface area contributed by atoms with Gasteiger partial charge in [-0.2, -0.15) is 5.10 Å². The van der Waals surface area contributed by atoms with E-state index < -0.39 is 5.60 Å². The van der Waals surface area contributed by atoms with Gasteiger partial charge in [0, 0.05) is 30.6 Å². The number of hydrogen-bond donors (Lipinski definition) is 2. The molecule has 2 heterocycles. The van der Waals surface area contributed by atoms with Crippen molar-refractivity contribution in [3.8, 4) is 0 Å². The quantitative estimate of drug-likeness (QED) is 0.499. The highest BCUT2D eigenvalue weighted by atomic mass is 16.6. The number of carbonyl (C=O) groups excluding carboxylic acids is 1. The Hall–Kier alpha value is -2.83. The summed E-state index contributed by atoms with van der Waals surface area (Å²) in [5.41, 5.74) is 4.12. The highest BCUT2D eigenvalue weighted by Crippen LogP contribution is 2.43. The number of carbonyl (C=O) groups is 1. The fourth-order valence-corrected chi connectivity index (χ4v) is 3.99. The highest BCUT2D eigenvalue weighted by molar-refractivity contribution is 6.01. The Morgan fingerprint density at radius 2 is 1.97 bits per heavy atom. The van der Waals surface area contributed by atoms with Gasteiger partial charge < -0.3 is 15.4 Å². The van der Waals surface area contributed by atoms with Crippen molar-refractivity contribution in [3.63, 3.8) is 0 Å². The summed E-state index contributed by atoms with van der Waals surface area (Å²) in [6, 6.07) is 8.38. The van der Waals surface area contributed by atoms with Gasteiger partial charge in [0.2, 0.25) is 0 Å².